The average molecular weight is 402 g/mol. The van der Waals surface area contributed by atoms with Crippen LogP contribution < -0.4 is 5.32 Å². The van der Waals surface area contributed by atoms with Crippen LogP contribution in [0.5, 0.6) is 0 Å². The molecule has 0 bridgehead atoms. The molecule has 1 N–H and O–H groups in total. The minimum atomic E-state index is -4.29. The summed E-state index contributed by atoms with van der Waals surface area (Å²) in [6.45, 7) is 1.95. The van der Waals surface area contributed by atoms with Crippen LogP contribution >= 0.6 is 31.9 Å². The predicted molar refractivity (Wildman–Crippen MR) is 75.1 cm³/mol. The largest absolute Gasteiger partial charge is 0.408 e. The van der Waals surface area contributed by atoms with E-state index in [2.05, 4.69) is 37.2 Å². The Labute approximate surface area is 126 Å². The normalized spacial score (nSPS) is 19.4. The van der Waals surface area contributed by atoms with Gasteiger partial charge in [-0.05, 0) is 23.8 Å². The van der Waals surface area contributed by atoms with E-state index in [9.17, 15) is 13.2 Å². The molecule has 2 rings (SSSR count). The van der Waals surface area contributed by atoms with Crippen molar-refractivity contribution >= 4 is 31.9 Å². The van der Waals surface area contributed by atoms with Gasteiger partial charge in [-0.1, -0.05) is 31.9 Å². The van der Waals surface area contributed by atoms with Gasteiger partial charge in [-0.25, -0.2) is 0 Å². The topological polar surface area (TPSA) is 15.3 Å². The maximum absolute atomic E-state index is 13.4. The van der Waals surface area contributed by atoms with Crippen molar-refractivity contribution in [2.45, 2.75) is 12.2 Å². The molecule has 0 aliphatic carbocycles. The fourth-order valence-electron chi connectivity index (χ4n) is 2.24. The predicted octanol–water partition coefficient (Wildman–Crippen LogP) is 3.72. The van der Waals surface area contributed by atoms with E-state index in [1.165, 1.54) is 11.0 Å². The number of hydrogen-bond acceptors (Lipinski definition) is 2. The smallest absolute Gasteiger partial charge is 0.314 e. The molecular formula is C12H13Br2F3N2. The molecule has 0 unspecified atom stereocenters. The molecule has 0 spiro atoms. The van der Waals surface area contributed by atoms with Gasteiger partial charge in [0.25, 0.3) is 0 Å². The number of piperazine rings is 1. The molecule has 1 saturated heterocycles. The van der Waals surface area contributed by atoms with Gasteiger partial charge in [-0.2, -0.15) is 13.2 Å². The lowest BCUT2D eigenvalue weighted by Gasteiger charge is -2.36. The first kappa shape index (κ1) is 15.3. The summed E-state index contributed by atoms with van der Waals surface area (Å²) in [6, 6.07) is 3.32. The van der Waals surface area contributed by atoms with E-state index in [1.54, 1.807) is 12.1 Å². The van der Waals surface area contributed by atoms with Crippen LogP contribution in [-0.4, -0.2) is 37.3 Å². The number of rotatable bonds is 2. The molecule has 2 nitrogen and oxygen atoms in total. The first-order valence-corrected chi connectivity index (χ1v) is 7.44. The third-order valence-corrected chi connectivity index (χ3v) is 4.29. The van der Waals surface area contributed by atoms with Crippen LogP contribution in [0.25, 0.3) is 0 Å². The minimum Gasteiger partial charge on any atom is -0.314 e. The Kier molecular flexibility index (Phi) is 4.92. The van der Waals surface area contributed by atoms with Crippen molar-refractivity contribution in [3.05, 3.63) is 32.7 Å². The van der Waals surface area contributed by atoms with Crippen LogP contribution in [0.2, 0.25) is 0 Å². The van der Waals surface area contributed by atoms with Gasteiger partial charge in [0.05, 0.1) is 0 Å². The molecule has 106 valence electrons. The molecule has 1 aromatic carbocycles. The van der Waals surface area contributed by atoms with Crippen molar-refractivity contribution in [3.8, 4) is 0 Å². The maximum atomic E-state index is 13.4. The standard InChI is InChI=1S/C12H13Br2F3N2/c13-8-1-2-10(14)9(7-8)11(12(15,16)17)19-5-3-18-4-6-19/h1-2,7,11,18H,3-6H2/t11-/m0/s1. The molecule has 7 heteroatoms. The van der Waals surface area contributed by atoms with Gasteiger partial charge in [0.15, 0.2) is 0 Å². The molecule has 1 aromatic rings. The fraction of sp³-hybridized carbons (Fsp3) is 0.500. The Morgan fingerprint density at radius 1 is 1.16 bits per heavy atom. The number of hydrogen-bond donors (Lipinski definition) is 1. The fourth-order valence-corrected chi connectivity index (χ4v) is 3.09. The SMILES string of the molecule is FC(F)(F)[C@H](c1cc(Br)ccc1Br)N1CCNCC1. The summed E-state index contributed by atoms with van der Waals surface area (Å²) in [4.78, 5) is 1.48. The summed E-state index contributed by atoms with van der Waals surface area (Å²) < 4.78 is 41.3. The van der Waals surface area contributed by atoms with Crippen LogP contribution in [0, 0.1) is 0 Å². The summed E-state index contributed by atoms with van der Waals surface area (Å²) in [7, 11) is 0. The highest BCUT2D eigenvalue weighted by Gasteiger charge is 2.45. The molecule has 0 aromatic heterocycles. The molecule has 19 heavy (non-hydrogen) atoms. The average Bonchev–Trinajstić information content (AvgIpc) is 2.33. The summed E-state index contributed by atoms with van der Waals surface area (Å²) in [5.74, 6) is 0. The first-order valence-electron chi connectivity index (χ1n) is 5.86. The number of halogens is 5. The van der Waals surface area contributed by atoms with Gasteiger partial charge in [-0.15, -0.1) is 0 Å². The van der Waals surface area contributed by atoms with Gasteiger partial charge in [-0.3, -0.25) is 4.90 Å². The zero-order valence-electron chi connectivity index (χ0n) is 9.97. The van der Waals surface area contributed by atoms with E-state index in [0.29, 0.717) is 35.1 Å². The Morgan fingerprint density at radius 2 is 1.79 bits per heavy atom. The van der Waals surface area contributed by atoms with Gasteiger partial charge in [0.1, 0.15) is 6.04 Å². The van der Waals surface area contributed by atoms with Crippen LogP contribution in [-0.2, 0) is 0 Å². The van der Waals surface area contributed by atoms with Crippen LogP contribution in [0.4, 0.5) is 13.2 Å². The van der Waals surface area contributed by atoms with Gasteiger partial charge < -0.3 is 5.32 Å². The highest BCUT2D eigenvalue weighted by atomic mass is 79.9. The number of alkyl halides is 3. The lowest BCUT2D eigenvalue weighted by Crippen LogP contribution is -2.49. The second-order valence-corrected chi connectivity index (χ2v) is 6.17. The molecule has 1 aliphatic rings. The Morgan fingerprint density at radius 3 is 2.37 bits per heavy atom. The van der Waals surface area contributed by atoms with Gasteiger partial charge in [0, 0.05) is 35.1 Å². The summed E-state index contributed by atoms with van der Waals surface area (Å²) in [5.41, 5.74) is 0.253. The maximum Gasteiger partial charge on any atom is 0.408 e. The van der Waals surface area contributed by atoms with Crippen LogP contribution in [0.1, 0.15) is 11.6 Å². The van der Waals surface area contributed by atoms with Crippen molar-refractivity contribution in [1.82, 2.24) is 10.2 Å². The van der Waals surface area contributed by atoms with Crippen LogP contribution in [0.3, 0.4) is 0 Å². The quantitative estimate of drug-likeness (QED) is 0.812. The van der Waals surface area contributed by atoms with E-state index in [-0.39, 0.29) is 5.56 Å². The molecule has 1 heterocycles. The van der Waals surface area contributed by atoms with E-state index >= 15 is 0 Å². The third kappa shape index (κ3) is 3.71. The lowest BCUT2D eigenvalue weighted by molar-refractivity contribution is -0.188. The molecule has 0 radical (unpaired) electrons. The van der Waals surface area contributed by atoms with Crippen molar-refractivity contribution in [3.63, 3.8) is 0 Å². The third-order valence-electron chi connectivity index (χ3n) is 3.08. The Bertz CT molecular complexity index is 445. The summed E-state index contributed by atoms with van der Waals surface area (Å²) >= 11 is 6.46. The summed E-state index contributed by atoms with van der Waals surface area (Å²) in [6.07, 6.45) is -4.29. The first-order chi connectivity index (χ1) is 8.89. The highest BCUT2D eigenvalue weighted by Crippen LogP contribution is 2.41. The van der Waals surface area contributed by atoms with E-state index in [4.69, 9.17) is 0 Å². The molecule has 0 amide bonds. The summed E-state index contributed by atoms with van der Waals surface area (Å²) in [5, 5.41) is 3.07. The van der Waals surface area contributed by atoms with Crippen molar-refractivity contribution in [2.75, 3.05) is 26.2 Å². The molecule has 1 atom stereocenters. The van der Waals surface area contributed by atoms with Crippen molar-refractivity contribution in [2.24, 2.45) is 0 Å². The highest BCUT2D eigenvalue weighted by molar-refractivity contribution is 9.11. The Balaban J connectivity index is 2.39. The number of nitrogens with zero attached hydrogens (tertiary/aromatic N) is 1. The minimum absolute atomic E-state index is 0.253. The van der Waals surface area contributed by atoms with E-state index < -0.39 is 12.2 Å². The van der Waals surface area contributed by atoms with E-state index in [1.807, 2.05) is 0 Å². The molecular weight excluding hydrogens is 389 g/mol. The van der Waals surface area contributed by atoms with Gasteiger partial charge >= 0.3 is 6.18 Å². The zero-order valence-corrected chi connectivity index (χ0v) is 13.1. The van der Waals surface area contributed by atoms with Crippen LogP contribution in [0.15, 0.2) is 27.1 Å². The van der Waals surface area contributed by atoms with E-state index in [0.717, 1.165) is 0 Å². The molecule has 1 fully saturated rings. The second-order valence-electron chi connectivity index (χ2n) is 4.40. The lowest BCUT2D eigenvalue weighted by atomic mass is 10.0. The molecule has 1 aliphatic heterocycles. The number of nitrogens with one attached hydrogen (secondary N) is 1. The van der Waals surface area contributed by atoms with Crippen molar-refractivity contribution < 1.29 is 13.2 Å². The monoisotopic (exact) mass is 400 g/mol. The zero-order chi connectivity index (χ0) is 14.0. The Hall–Kier alpha value is -0.110. The van der Waals surface area contributed by atoms with Gasteiger partial charge in [0.2, 0.25) is 0 Å². The molecule has 0 saturated carbocycles. The van der Waals surface area contributed by atoms with Crippen molar-refractivity contribution in [1.29, 1.82) is 0 Å². The second kappa shape index (κ2) is 6.11. The number of benzene rings is 1.